The van der Waals surface area contributed by atoms with Crippen LogP contribution in [0.2, 0.25) is 0 Å². The van der Waals surface area contributed by atoms with Crippen molar-refractivity contribution in [3.63, 3.8) is 0 Å². The average molecular weight is 937 g/mol. The molecular formula is C70H52N2O. The van der Waals surface area contributed by atoms with Crippen molar-refractivity contribution in [3.05, 3.63) is 272 Å². The van der Waals surface area contributed by atoms with Gasteiger partial charge in [-0.15, -0.1) is 0 Å². The number of para-hydroxylation sites is 3. The van der Waals surface area contributed by atoms with Gasteiger partial charge in [0.15, 0.2) is 0 Å². The molecule has 2 unspecified atom stereocenters. The third-order valence-electron chi connectivity index (χ3n) is 15.6. The average Bonchev–Trinajstić information content (AvgIpc) is 4.26. The Balaban J connectivity index is 0.732. The van der Waals surface area contributed by atoms with Crippen LogP contribution in [-0.4, -0.2) is 6.04 Å². The minimum atomic E-state index is 0.276. The minimum Gasteiger partial charge on any atom is -0.455 e. The molecular weight excluding hydrogens is 885 g/mol. The van der Waals surface area contributed by atoms with Crippen LogP contribution in [0, 0.1) is 0 Å². The highest BCUT2D eigenvalue weighted by atomic mass is 16.3. The van der Waals surface area contributed by atoms with E-state index >= 15 is 0 Å². The zero-order valence-corrected chi connectivity index (χ0v) is 40.5. The van der Waals surface area contributed by atoms with Crippen molar-refractivity contribution in [1.29, 1.82) is 0 Å². The second kappa shape index (κ2) is 18.0. The number of rotatable bonds is 10. The standard InChI is InChI=1S/C70H52N2O/c1-2-5-18-53(17-4-1)71(58-43-35-50(36-44-58)60-25-14-27-65-63-23-10-11-28-68(63)73-70(60)65)55-37-29-47(30-38-55)51-15-12-16-52(45-51)48-31-39-56(40-32-48)72(54-19-6-3-7-20-54)57-41-33-49(34-42-57)59-24-13-26-64-61-21-8-9-22-62(61)66-46-67(66)69(59)64/h1-16,19-45,53,66-67H,17-18,46H2. The molecule has 0 N–H and O–H groups in total. The highest BCUT2D eigenvalue weighted by Crippen LogP contribution is 2.64. The lowest BCUT2D eigenvalue weighted by Gasteiger charge is -2.33. The molecule has 3 heteroatoms. The Morgan fingerprint density at radius 3 is 1.56 bits per heavy atom. The maximum Gasteiger partial charge on any atom is 0.143 e. The molecule has 14 rings (SSSR count). The molecule has 1 fully saturated rings. The van der Waals surface area contributed by atoms with Crippen molar-refractivity contribution in [2.45, 2.75) is 37.1 Å². The first-order valence-electron chi connectivity index (χ1n) is 25.8. The second-order valence-corrected chi connectivity index (χ2v) is 19.9. The normalized spacial score (nSPS) is 15.6. The largest absolute Gasteiger partial charge is 0.455 e. The maximum atomic E-state index is 6.42. The van der Waals surface area contributed by atoms with Gasteiger partial charge in [-0.3, -0.25) is 0 Å². The van der Waals surface area contributed by atoms with Crippen LogP contribution in [0.5, 0.6) is 0 Å². The number of furan rings is 1. The topological polar surface area (TPSA) is 19.6 Å². The minimum absolute atomic E-state index is 0.276. The van der Waals surface area contributed by atoms with Crippen molar-refractivity contribution in [2.75, 3.05) is 9.80 Å². The summed E-state index contributed by atoms with van der Waals surface area (Å²) in [6.45, 7) is 0. The third kappa shape index (κ3) is 7.77. The molecule has 348 valence electrons. The van der Waals surface area contributed by atoms with Gasteiger partial charge in [0, 0.05) is 50.8 Å². The Labute approximate surface area is 427 Å². The van der Waals surface area contributed by atoms with E-state index < -0.39 is 0 Å². The van der Waals surface area contributed by atoms with Crippen LogP contribution >= 0.6 is 0 Å². The second-order valence-electron chi connectivity index (χ2n) is 19.9. The van der Waals surface area contributed by atoms with Gasteiger partial charge < -0.3 is 14.2 Å². The first-order chi connectivity index (χ1) is 36.2. The third-order valence-corrected chi connectivity index (χ3v) is 15.6. The van der Waals surface area contributed by atoms with Crippen LogP contribution in [0.3, 0.4) is 0 Å². The number of nitrogens with zero attached hydrogens (tertiary/aromatic N) is 2. The SMILES string of the molecule is C1=CCC(N(c2ccc(-c3cccc(-c4ccc(N(c5ccccc5)c5ccc(-c6cccc7c6C6CC6c6ccccc6-7)cc5)cc4)c3)cc2)c2ccc(-c3cccc4c3oc3ccccc34)cc2)CC=C1. The maximum absolute atomic E-state index is 6.42. The van der Waals surface area contributed by atoms with Crippen LogP contribution in [-0.2, 0) is 0 Å². The first kappa shape index (κ1) is 42.9. The molecule has 10 aromatic carbocycles. The zero-order valence-electron chi connectivity index (χ0n) is 40.5. The summed E-state index contributed by atoms with van der Waals surface area (Å²) >= 11 is 0. The van der Waals surface area contributed by atoms with Crippen molar-refractivity contribution in [1.82, 2.24) is 0 Å². The van der Waals surface area contributed by atoms with Crippen LogP contribution in [0.4, 0.5) is 28.4 Å². The quantitative estimate of drug-likeness (QED) is 0.136. The van der Waals surface area contributed by atoms with E-state index in [4.69, 9.17) is 4.42 Å². The van der Waals surface area contributed by atoms with Gasteiger partial charge in [0.2, 0.25) is 0 Å². The lowest BCUT2D eigenvalue weighted by molar-refractivity contribution is 0.670. The van der Waals surface area contributed by atoms with E-state index in [1.807, 2.05) is 12.1 Å². The van der Waals surface area contributed by atoms with E-state index in [0.717, 1.165) is 63.0 Å². The van der Waals surface area contributed by atoms with Gasteiger partial charge in [-0.1, -0.05) is 188 Å². The summed E-state index contributed by atoms with van der Waals surface area (Å²) in [5.41, 5.74) is 23.1. The number of allylic oxidation sites excluding steroid dienone is 2. The Hall–Kier alpha value is -8.92. The van der Waals surface area contributed by atoms with Crippen LogP contribution in [0.25, 0.3) is 77.6 Å². The summed E-state index contributed by atoms with van der Waals surface area (Å²) in [5.74, 6) is 1.25. The predicted octanol–water partition coefficient (Wildman–Crippen LogP) is 19.4. The summed E-state index contributed by atoms with van der Waals surface area (Å²) in [5, 5.41) is 2.29. The Bertz CT molecular complexity index is 3870. The predicted molar refractivity (Wildman–Crippen MR) is 306 cm³/mol. The first-order valence-corrected chi connectivity index (χ1v) is 25.8. The van der Waals surface area contributed by atoms with Crippen LogP contribution in [0.1, 0.15) is 42.2 Å². The monoisotopic (exact) mass is 936 g/mol. The van der Waals surface area contributed by atoms with E-state index in [1.54, 1.807) is 0 Å². The summed E-state index contributed by atoms with van der Waals surface area (Å²) in [6.07, 6.45) is 12.1. The molecule has 0 bridgehead atoms. The molecule has 3 aliphatic rings. The van der Waals surface area contributed by atoms with E-state index in [-0.39, 0.29) is 6.04 Å². The molecule has 3 nitrogen and oxygen atoms in total. The summed E-state index contributed by atoms with van der Waals surface area (Å²) < 4.78 is 6.42. The molecule has 0 saturated heterocycles. The molecule has 11 aromatic rings. The molecule has 2 atom stereocenters. The van der Waals surface area contributed by atoms with Crippen LogP contribution < -0.4 is 9.80 Å². The Morgan fingerprint density at radius 2 is 0.863 bits per heavy atom. The molecule has 0 radical (unpaired) electrons. The number of hydrogen-bond acceptors (Lipinski definition) is 3. The van der Waals surface area contributed by atoms with Crippen molar-refractivity contribution in [2.24, 2.45) is 0 Å². The molecule has 0 aliphatic heterocycles. The Morgan fingerprint density at radius 1 is 0.356 bits per heavy atom. The van der Waals surface area contributed by atoms with Gasteiger partial charge in [0.1, 0.15) is 11.2 Å². The molecule has 0 spiro atoms. The van der Waals surface area contributed by atoms with Crippen molar-refractivity contribution >= 4 is 50.4 Å². The fourth-order valence-corrected chi connectivity index (χ4v) is 12.0. The van der Waals surface area contributed by atoms with E-state index in [2.05, 4.69) is 259 Å². The lowest BCUT2D eigenvalue weighted by Crippen LogP contribution is -2.30. The van der Waals surface area contributed by atoms with Crippen molar-refractivity contribution < 1.29 is 4.42 Å². The fourth-order valence-electron chi connectivity index (χ4n) is 12.0. The van der Waals surface area contributed by atoms with E-state index in [9.17, 15) is 0 Å². The highest BCUT2D eigenvalue weighted by molar-refractivity contribution is 6.09. The molecule has 3 aliphatic carbocycles. The van der Waals surface area contributed by atoms with Gasteiger partial charge in [-0.05, 0) is 165 Å². The van der Waals surface area contributed by atoms with Crippen molar-refractivity contribution in [3.8, 4) is 55.6 Å². The number of anilines is 5. The lowest BCUT2D eigenvalue weighted by atomic mass is 9.82. The summed E-state index contributed by atoms with van der Waals surface area (Å²) in [6, 6.07) is 87.0. The number of fused-ring (bicyclic) bond motifs is 9. The van der Waals surface area contributed by atoms with Crippen LogP contribution in [0.15, 0.2) is 265 Å². The molecule has 1 aromatic heterocycles. The van der Waals surface area contributed by atoms with Gasteiger partial charge in [0.25, 0.3) is 0 Å². The fraction of sp³-hybridized carbons (Fsp3) is 0.0857. The van der Waals surface area contributed by atoms with Gasteiger partial charge >= 0.3 is 0 Å². The number of benzene rings is 10. The molecule has 73 heavy (non-hydrogen) atoms. The van der Waals surface area contributed by atoms with Gasteiger partial charge in [0.05, 0.1) is 0 Å². The van der Waals surface area contributed by atoms with Gasteiger partial charge in [-0.25, -0.2) is 0 Å². The molecule has 1 saturated carbocycles. The number of hydrogen-bond donors (Lipinski definition) is 0. The summed E-state index contributed by atoms with van der Waals surface area (Å²) in [4.78, 5) is 4.87. The van der Waals surface area contributed by atoms with E-state index in [0.29, 0.717) is 11.8 Å². The smallest absolute Gasteiger partial charge is 0.143 e. The summed E-state index contributed by atoms with van der Waals surface area (Å²) in [7, 11) is 0. The molecule has 0 amide bonds. The van der Waals surface area contributed by atoms with Gasteiger partial charge in [-0.2, -0.15) is 0 Å². The van der Waals surface area contributed by atoms with E-state index in [1.165, 1.54) is 73.4 Å². The highest BCUT2D eigenvalue weighted by Gasteiger charge is 2.46. The Kier molecular flexibility index (Phi) is 10.6. The zero-order chi connectivity index (χ0) is 48.2. The molecule has 1 heterocycles.